The fourth-order valence-corrected chi connectivity index (χ4v) is 5.18. The molecule has 4 rings (SSSR count). The molecular formula is C20H30IN3O2. The van der Waals surface area contributed by atoms with Gasteiger partial charge in [-0.05, 0) is 37.0 Å². The van der Waals surface area contributed by atoms with E-state index >= 15 is 0 Å². The minimum Gasteiger partial charge on any atom is -0.497 e. The molecule has 0 amide bonds. The van der Waals surface area contributed by atoms with E-state index in [0.29, 0.717) is 23.5 Å². The molecular weight excluding hydrogens is 441 g/mol. The first-order valence-electron chi connectivity index (χ1n) is 9.48. The molecule has 3 unspecified atom stereocenters. The first-order valence-corrected chi connectivity index (χ1v) is 9.48. The van der Waals surface area contributed by atoms with Crippen molar-refractivity contribution in [3.05, 3.63) is 29.8 Å². The number of nitrogens with one attached hydrogen (secondary N) is 2. The molecule has 144 valence electrons. The maximum atomic E-state index is 6.07. The Kier molecular flexibility index (Phi) is 6.33. The van der Waals surface area contributed by atoms with Gasteiger partial charge in [-0.2, -0.15) is 0 Å². The van der Waals surface area contributed by atoms with Gasteiger partial charge in [-0.1, -0.05) is 25.0 Å². The molecule has 3 atom stereocenters. The number of hydrogen-bond acceptors (Lipinski definition) is 3. The Labute approximate surface area is 173 Å². The zero-order chi connectivity index (χ0) is 17.3. The zero-order valence-electron chi connectivity index (χ0n) is 15.7. The van der Waals surface area contributed by atoms with Gasteiger partial charge in [-0.25, -0.2) is 0 Å². The second kappa shape index (κ2) is 8.33. The number of guanidine groups is 1. The summed E-state index contributed by atoms with van der Waals surface area (Å²) >= 11 is 0. The van der Waals surface area contributed by atoms with Crippen LogP contribution in [0.2, 0.25) is 0 Å². The van der Waals surface area contributed by atoms with Crippen LogP contribution in [0.5, 0.6) is 5.75 Å². The monoisotopic (exact) mass is 471 g/mol. The summed E-state index contributed by atoms with van der Waals surface area (Å²) in [6.07, 6.45) is 6.92. The standard InChI is InChI=1S/C20H29N3O2.HI/c1-21-19(22-13-14-5-7-15(24-2)8-6-14)23-17-16-9-12-25-18(16)20(17)10-3-4-11-20;/h5-8,16-18H,3-4,9-13H2,1-2H3,(H2,21,22,23);1H. The molecule has 1 spiro atoms. The summed E-state index contributed by atoms with van der Waals surface area (Å²) in [6, 6.07) is 8.66. The number of benzene rings is 1. The van der Waals surface area contributed by atoms with E-state index in [2.05, 4.69) is 27.8 Å². The van der Waals surface area contributed by atoms with Crippen molar-refractivity contribution >= 4 is 29.9 Å². The highest BCUT2D eigenvalue weighted by molar-refractivity contribution is 14.0. The van der Waals surface area contributed by atoms with Crippen LogP contribution >= 0.6 is 24.0 Å². The molecule has 3 aliphatic rings. The lowest BCUT2D eigenvalue weighted by Gasteiger charge is -2.57. The number of hydrogen-bond donors (Lipinski definition) is 2. The van der Waals surface area contributed by atoms with Crippen LogP contribution in [0, 0.1) is 11.3 Å². The van der Waals surface area contributed by atoms with Crippen molar-refractivity contribution in [2.24, 2.45) is 16.3 Å². The van der Waals surface area contributed by atoms with Crippen molar-refractivity contribution in [3.8, 4) is 5.75 Å². The third-order valence-corrected chi connectivity index (χ3v) is 6.42. The summed E-state index contributed by atoms with van der Waals surface area (Å²) in [4.78, 5) is 4.46. The van der Waals surface area contributed by atoms with E-state index in [1.54, 1.807) is 7.11 Å². The summed E-state index contributed by atoms with van der Waals surface area (Å²) in [5.41, 5.74) is 1.56. The molecule has 5 nitrogen and oxygen atoms in total. The average molecular weight is 471 g/mol. The molecule has 2 aliphatic carbocycles. The molecule has 3 fully saturated rings. The summed E-state index contributed by atoms with van der Waals surface area (Å²) in [5.74, 6) is 2.44. The van der Waals surface area contributed by atoms with Crippen LogP contribution in [0.15, 0.2) is 29.3 Å². The normalized spacial score (nSPS) is 28.8. The molecule has 0 aromatic heterocycles. The van der Waals surface area contributed by atoms with E-state index in [0.717, 1.165) is 24.9 Å². The van der Waals surface area contributed by atoms with E-state index < -0.39 is 0 Å². The smallest absolute Gasteiger partial charge is 0.191 e. The molecule has 2 N–H and O–H groups in total. The number of rotatable bonds is 4. The zero-order valence-corrected chi connectivity index (χ0v) is 18.0. The average Bonchev–Trinajstić information content (AvgIpc) is 3.31. The van der Waals surface area contributed by atoms with Crippen LogP contribution in [0.3, 0.4) is 0 Å². The van der Waals surface area contributed by atoms with Crippen molar-refractivity contribution in [2.75, 3.05) is 20.8 Å². The van der Waals surface area contributed by atoms with Crippen LogP contribution in [-0.2, 0) is 11.3 Å². The van der Waals surface area contributed by atoms with E-state index in [1.807, 2.05) is 19.2 Å². The topological polar surface area (TPSA) is 54.9 Å². The number of ether oxygens (including phenoxy) is 2. The van der Waals surface area contributed by atoms with Crippen molar-refractivity contribution in [3.63, 3.8) is 0 Å². The fraction of sp³-hybridized carbons (Fsp3) is 0.650. The number of halogens is 1. The Morgan fingerprint density at radius 1 is 1.27 bits per heavy atom. The van der Waals surface area contributed by atoms with Crippen LogP contribution in [0.4, 0.5) is 0 Å². The lowest BCUT2D eigenvalue weighted by Crippen LogP contribution is -2.69. The van der Waals surface area contributed by atoms with Gasteiger partial charge in [0.15, 0.2) is 5.96 Å². The fourth-order valence-electron chi connectivity index (χ4n) is 5.18. The van der Waals surface area contributed by atoms with Gasteiger partial charge in [0.05, 0.1) is 13.2 Å². The predicted octanol–water partition coefficient (Wildman–Crippen LogP) is 3.33. The molecule has 2 saturated carbocycles. The second-order valence-corrected chi connectivity index (χ2v) is 7.58. The quantitative estimate of drug-likeness (QED) is 0.402. The third-order valence-electron chi connectivity index (χ3n) is 6.42. The molecule has 1 heterocycles. The Morgan fingerprint density at radius 2 is 2.00 bits per heavy atom. The van der Waals surface area contributed by atoms with Gasteiger partial charge < -0.3 is 20.1 Å². The maximum Gasteiger partial charge on any atom is 0.191 e. The van der Waals surface area contributed by atoms with E-state index in [1.165, 1.54) is 37.7 Å². The molecule has 1 aromatic rings. The van der Waals surface area contributed by atoms with Gasteiger partial charge in [-0.15, -0.1) is 24.0 Å². The Morgan fingerprint density at radius 3 is 2.65 bits per heavy atom. The molecule has 1 saturated heterocycles. The van der Waals surface area contributed by atoms with E-state index in [4.69, 9.17) is 9.47 Å². The highest BCUT2D eigenvalue weighted by Crippen LogP contribution is 2.60. The predicted molar refractivity (Wildman–Crippen MR) is 114 cm³/mol. The molecule has 26 heavy (non-hydrogen) atoms. The van der Waals surface area contributed by atoms with Crippen LogP contribution in [-0.4, -0.2) is 38.9 Å². The van der Waals surface area contributed by atoms with Gasteiger partial charge in [0.2, 0.25) is 0 Å². The summed E-state index contributed by atoms with van der Waals surface area (Å²) in [6.45, 7) is 1.68. The largest absolute Gasteiger partial charge is 0.497 e. The van der Waals surface area contributed by atoms with Crippen molar-refractivity contribution in [2.45, 2.75) is 50.8 Å². The molecule has 0 radical (unpaired) electrons. The number of methoxy groups -OCH3 is 1. The summed E-state index contributed by atoms with van der Waals surface area (Å²) in [7, 11) is 3.54. The number of fused-ring (bicyclic) bond motifs is 2. The lowest BCUT2D eigenvalue weighted by molar-refractivity contribution is -0.125. The first-order chi connectivity index (χ1) is 12.3. The van der Waals surface area contributed by atoms with Crippen LogP contribution in [0.25, 0.3) is 0 Å². The SMILES string of the molecule is CN=C(NCc1ccc(OC)cc1)NC1C2CCOC2C12CCCC2.I. The molecule has 6 heteroatoms. The highest BCUT2D eigenvalue weighted by atomic mass is 127. The number of aliphatic imine (C=N–C) groups is 1. The molecule has 1 aromatic carbocycles. The second-order valence-electron chi connectivity index (χ2n) is 7.58. The number of nitrogens with zero attached hydrogens (tertiary/aromatic N) is 1. The van der Waals surface area contributed by atoms with Crippen molar-refractivity contribution < 1.29 is 9.47 Å². The van der Waals surface area contributed by atoms with Crippen LogP contribution < -0.4 is 15.4 Å². The van der Waals surface area contributed by atoms with Crippen LogP contribution in [0.1, 0.15) is 37.7 Å². The van der Waals surface area contributed by atoms with Gasteiger partial charge in [0.25, 0.3) is 0 Å². The third kappa shape index (κ3) is 3.42. The highest BCUT2D eigenvalue weighted by Gasteiger charge is 2.65. The lowest BCUT2D eigenvalue weighted by atomic mass is 9.54. The van der Waals surface area contributed by atoms with Gasteiger partial charge in [0, 0.05) is 37.6 Å². The van der Waals surface area contributed by atoms with Crippen molar-refractivity contribution in [1.29, 1.82) is 0 Å². The van der Waals surface area contributed by atoms with E-state index in [-0.39, 0.29) is 24.0 Å². The molecule has 0 bridgehead atoms. The maximum absolute atomic E-state index is 6.07. The van der Waals surface area contributed by atoms with Gasteiger partial charge in [-0.3, -0.25) is 4.99 Å². The van der Waals surface area contributed by atoms with Gasteiger partial charge >= 0.3 is 0 Å². The Hall–Kier alpha value is -1.02. The molecule has 1 aliphatic heterocycles. The summed E-state index contributed by atoms with van der Waals surface area (Å²) in [5, 5.41) is 7.20. The van der Waals surface area contributed by atoms with E-state index in [9.17, 15) is 0 Å². The Bertz CT molecular complexity index is 628. The minimum atomic E-state index is 0. The van der Waals surface area contributed by atoms with Crippen molar-refractivity contribution in [1.82, 2.24) is 10.6 Å². The first kappa shape index (κ1) is 19.7. The minimum absolute atomic E-state index is 0. The van der Waals surface area contributed by atoms with Gasteiger partial charge in [0.1, 0.15) is 5.75 Å². The summed E-state index contributed by atoms with van der Waals surface area (Å²) < 4.78 is 11.3. The Balaban J connectivity index is 0.00000196.